The zero-order valence-electron chi connectivity index (χ0n) is 14.5. The minimum atomic E-state index is -0.605. The van der Waals surface area contributed by atoms with Gasteiger partial charge in [-0.3, -0.25) is 14.8 Å². The molecule has 10 heteroatoms. The number of carbonyl (C=O) groups excluding carboxylic acids is 2. The molecule has 0 aliphatic carbocycles. The van der Waals surface area contributed by atoms with Crippen LogP contribution < -0.4 is 10.6 Å². The quantitative estimate of drug-likeness (QED) is 0.549. The Morgan fingerprint density at radius 3 is 2.73 bits per heavy atom. The zero-order valence-corrected chi connectivity index (χ0v) is 17.7. The Balaban J connectivity index is 1.71. The molecule has 3 rings (SSSR count). The van der Waals surface area contributed by atoms with E-state index < -0.39 is 11.7 Å². The van der Waals surface area contributed by atoms with E-state index in [1.54, 1.807) is 37.9 Å². The summed E-state index contributed by atoms with van der Waals surface area (Å²) in [7, 11) is 0. The van der Waals surface area contributed by atoms with Gasteiger partial charge in [0.15, 0.2) is 0 Å². The van der Waals surface area contributed by atoms with Crippen LogP contribution in [0.3, 0.4) is 0 Å². The van der Waals surface area contributed by atoms with Gasteiger partial charge < -0.3 is 10.1 Å². The summed E-state index contributed by atoms with van der Waals surface area (Å²) in [6.07, 6.45) is 4.49. The van der Waals surface area contributed by atoms with Crippen LogP contribution in [0.15, 0.2) is 38.5 Å². The number of aliphatic imine (C=N–C) groups is 1. The van der Waals surface area contributed by atoms with E-state index in [4.69, 9.17) is 4.74 Å². The molecule has 1 aromatic rings. The molecule has 0 spiro atoms. The van der Waals surface area contributed by atoms with E-state index in [-0.39, 0.29) is 24.2 Å². The van der Waals surface area contributed by atoms with E-state index in [1.807, 2.05) is 12.2 Å². The van der Waals surface area contributed by atoms with E-state index >= 15 is 0 Å². The Bertz CT molecular complexity index is 796. The van der Waals surface area contributed by atoms with Gasteiger partial charge in [-0.1, -0.05) is 12.2 Å². The summed E-state index contributed by atoms with van der Waals surface area (Å²) in [5.74, 6) is 0.284. The molecular weight excluding hydrogens is 470 g/mol. The van der Waals surface area contributed by atoms with E-state index in [0.29, 0.717) is 11.1 Å². The molecule has 0 aromatic carbocycles. The van der Waals surface area contributed by atoms with Gasteiger partial charge >= 0.3 is 12.1 Å². The fourth-order valence-electron chi connectivity index (χ4n) is 2.66. The number of halogens is 2. The Kier molecular flexibility index (Phi) is 5.16. The fraction of sp³-hybridized carbons (Fsp3) is 0.438. The lowest BCUT2D eigenvalue weighted by Crippen LogP contribution is -2.56. The number of hydrogen-bond donors (Lipinski definition) is 2. The number of ether oxygens (including phenoxy) is 1. The first-order chi connectivity index (χ1) is 12.2. The third-order valence-electron chi connectivity index (χ3n) is 3.71. The third kappa shape index (κ3) is 3.96. The lowest BCUT2D eigenvalue weighted by molar-refractivity contribution is 0.0561. The largest absolute Gasteiger partial charge is 0.444 e. The van der Waals surface area contributed by atoms with E-state index in [0.717, 1.165) is 4.47 Å². The Labute approximate surface area is 167 Å². The van der Waals surface area contributed by atoms with Crippen LogP contribution in [-0.4, -0.2) is 51.9 Å². The van der Waals surface area contributed by atoms with E-state index in [9.17, 15) is 9.59 Å². The van der Waals surface area contributed by atoms with Crippen molar-refractivity contribution in [1.29, 1.82) is 0 Å². The molecule has 0 saturated heterocycles. The second-order valence-electron chi connectivity index (χ2n) is 6.87. The highest BCUT2D eigenvalue weighted by Crippen LogP contribution is 2.26. The molecule has 2 atom stereocenters. The van der Waals surface area contributed by atoms with Crippen LogP contribution in [0.1, 0.15) is 20.8 Å². The van der Waals surface area contributed by atoms with Gasteiger partial charge in [-0.05, 0) is 58.7 Å². The minimum Gasteiger partial charge on any atom is -0.444 e. The molecule has 0 radical (unpaired) electrons. The average molecular weight is 489 g/mol. The maximum absolute atomic E-state index is 12.9. The van der Waals surface area contributed by atoms with Crippen LogP contribution in [0, 0.1) is 0 Å². The van der Waals surface area contributed by atoms with Crippen LogP contribution in [0.2, 0.25) is 0 Å². The van der Waals surface area contributed by atoms with Crippen LogP contribution in [0.4, 0.5) is 9.59 Å². The second kappa shape index (κ2) is 7.07. The predicted octanol–water partition coefficient (Wildman–Crippen LogP) is 3.03. The summed E-state index contributed by atoms with van der Waals surface area (Å²) in [6, 6.07) is 1.30. The number of amides is 2. The molecule has 140 valence electrons. The Hall–Kier alpha value is -1.81. The maximum Gasteiger partial charge on any atom is 0.414 e. The highest BCUT2D eigenvalue weighted by molar-refractivity contribution is 9.13. The molecule has 2 N–H and O–H groups in total. The number of nitrogens with one attached hydrogen (secondary N) is 2. The first-order valence-corrected chi connectivity index (χ1v) is 9.58. The maximum atomic E-state index is 12.9. The van der Waals surface area contributed by atoms with Gasteiger partial charge in [-0.25, -0.2) is 14.6 Å². The number of carbonyl (C=O) groups is 2. The molecule has 8 nitrogen and oxygen atoms in total. The van der Waals surface area contributed by atoms with Crippen molar-refractivity contribution in [3.8, 4) is 0 Å². The van der Waals surface area contributed by atoms with Crippen molar-refractivity contribution in [1.82, 2.24) is 20.1 Å². The molecule has 0 fully saturated rings. The van der Waals surface area contributed by atoms with Crippen LogP contribution in [0.25, 0.3) is 0 Å². The van der Waals surface area contributed by atoms with Crippen LogP contribution in [0.5, 0.6) is 0 Å². The summed E-state index contributed by atoms with van der Waals surface area (Å²) < 4.78 is 8.16. The SMILES string of the molecule is CC(C)(C)OC(=O)NC1=NC2C=CCN(C(=O)n3ccc(Br)c3Br)C2N1. The number of aromatic nitrogens is 1. The number of fused-ring (bicyclic) bond motifs is 1. The molecule has 2 aliphatic rings. The van der Waals surface area contributed by atoms with Crippen molar-refractivity contribution in [2.24, 2.45) is 4.99 Å². The molecule has 0 saturated carbocycles. The number of nitrogens with zero attached hydrogens (tertiary/aromatic N) is 3. The first-order valence-electron chi connectivity index (χ1n) is 8.00. The molecule has 3 heterocycles. The van der Waals surface area contributed by atoms with E-state index in [1.165, 1.54) is 4.57 Å². The smallest absolute Gasteiger partial charge is 0.414 e. The van der Waals surface area contributed by atoms with Crippen molar-refractivity contribution in [2.75, 3.05) is 6.54 Å². The zero-order chi connectivity index (χ0) is 19.1. The lowest BCUT2D eigenvalue weighted by atomic mass is 10.1. The number of guanidine groups is 1. The molecule has 2 aliphatic heterocycles. The molecular formula is C16H19Br2N5O3. The van der Waals surface area contributed by atoms with Gasteiger partial charge in [-0.15, -0.1) is 0 Å². The average Bonchev–Trinajstić information content (AvgIpc) is 3.08. The second-order valence-corrected chi connectivity index (χ2v) is 8.48. The summed E-state index contributed by atoms with van der Waals surface area (Å²) in [6.45, 7) is 5.79. The Morgan fingerprint density at radius 1 is 1.38 bits per heavy atom. The van der Waals surface area contributed by atoms with Gasteiger partial charge in [0.25, 0.3) is 0 Å². The fourth-order valence-corrected chi connectivity index (χ4v) is 3.37. The van der Waals surface area contributed by atoms with Gasteiger partial charge in [0, 0.05) is 12.7 Å². The first kappa shape index (κ1) is 19.0. The monoisotopic (exact) mass is 487 g/mol. The lowest BCUT2D eigenvalue weighted by Gasteiger charge is -2.33. The van der Waals surface area contributed by atoms with Crippen molar-refractivity contribution in [2.45, 2.75) is 38.6 Å². The van der Waals surface area contributed by atoms with Gasteiger partial charge in [0.2, 0.25) is 5.96 Å². The molecule has 26 heavy (non-hydrogen) atoms. The van der Waals surface area contributed by atoms with Crippen molar-refractivity contribution < 1.29 is 14.3 Å². The van der Waals surface area contributed by atoms with Gasteiger partial charge in [-0.2, -0.15) is 0 Å². The highest BCUT2D eigenvalue weighted by Gasteiger charge is 2.38. The number of rotatable bonds is 0. The number of alkyl carbamates (subject to hydrolysis) is 1. The van der Waals surface area contributed by atoms with E-state index in [2.05, 4.69) is 47.5 Å². The summed E-state index contributed by atoms with van der Waals surface area (Å²) >= 11 is 6.76. The van der Waals surface area contributed by atoms with Crippen molar-refractivity contribution in [3.63, 3.8) is 0 Å². The highest BCUT2D eigenvalue weighted by atomic mass is 79.9. The molecule has 1 aromatic heterocycles. The van der Waals surface area contributed by atoms with Crippen LogP contribution in [-0.2, 0) is 4.74 Å². The van der Waals surface area contributed by atoms with Gasteiger partial charge in [0.05, 0.1) is 4.47 Å². The van der Waals surface area contributed by atoms with Gasteiger partial charge in [0.1, 0.15) is 22.4 Å². The summed E-state index contributed by atoms with van der Waals surface area (Å²) in [5.41, 5.74) is -0.605. The van der Waals surface area contributed by atoms with Crippen molar-refractivity contribution >= 4 is 49.9 Å². The minimum absolute atomic E-state index is 0.205. The summed E-state index contributed by atoms with van der Waals surface area (Å²) in [4.78, 5) is 30.9. The molecule has 0 bridgehead atoms. The Morgan fingerprint density at radius 2 is 2.12 bits per heavy atom. The van der Waals surface area contributed by atoms with Crippen molar-refractivity contribution in [3.05, 3.63) is 33.5 Å². The summed E-state index contributed by atoms with van der Waals surface area (Å²) in [5, 5.41) is 5.68. The third-order valence-corrected chi connectivity index (χ3v) is 5.69. The topological polar surface area (TPSA) is 88.0 Å². The number of hydrogen-bond acceptors (Lipinski definition) is 5. The normalized spacial score (nSPS) is 21.7. The molecule has 2 unspecified atom stereocenters. The molecule has 2 amide bonds. The standard InChI is InChI=1S/C16H19Br2N5O3/c1-16(2,3)26-14(24)21-13-19-10-5-4-7-23(12(10)20-13)15(25)22-8-6-9(17)11(22)18/h4-6,8,10,12H,7H2,1-3H3,(H2,19,20,21,24). The van der Waals surface area contributed by atoms with Crippen LogP contribution >= 0.6 is 31.9 Å². The predicted molar refractivity (Wildman–Crippen MR) is 104 cm³/mol.